The van der Waals surface area contributed by atoms with Crippen LogP contribution in [-0.2, 0) is 13.2 Å². The van der Waals surface area contributed by atoms with Crippen LogP contribution in [0.25, 0.3) is 0 Å². The first-order valence-electron chi connectivity index (χ1n) is 6.60. The molecule has 0 aliphatic heterocycles. The molecule has 2 aromatic heterocycles. The number of amides is 1. The minimum Gasteiger partial charge on any atom is -0.392 e. The van der Waals surface area contributed by atoms with Gasteiger partial charge in [0, 0.05) is 29.7 Å². The number of pyridine rings is 1. The minimum atomic E-state index is -0.180. The molecule has 5 heteroatoms. The van der Waals surface area contributed by atoms with Crippen LogP contribution in [0, 0.1) is 13.8 Å². The summed E-state index contributed by atoms with van der Waals surface area (Å²) < 4.78 is 2.09. The van der Waals surface area contributed by atoms with Gasteiger partial charge in [0.15, 0.2) is 0 Å². The van der Waals surface area contributed by atoms with Crippen LogP contribution in [0.5, 0.6) is 0 Å². The first-order chi connectivity index (χ1) is 9.58. The molecule has 0 saturated heterocycles. The summed E-state index contributed by atoms with van der Waals surface area (Å²) in [5, 5.41) is 12.1. The second-order valence-electron chi connectivity index (χ2n) is 4.67. The van der Waals surface area contributed by atoms with E-state index in [1.807, 2.05) is 26.8 Å². The number of hydrogen-bond acceptors (Lipinski definition) is 3. The number of aromatic nitrogens is 2. The predicted molar refractivity (Wildman–Crippen MR) is 77.7 cm³/mol. The number of aliphatic hydroxyl groups is 1. The van der Waals surface area contributed by atoms with Crippen LogP contribution in [-0.4, -0.2) is 20.6 Å². The van der Waals surface area contributed by atoms with Crippen molar-refractivity contribution in [1.29, 1.82) is 0 Å². The Morgan fingerprint density at radius 2 is 2.20 bits per heavy atom. The van der Waals surface area contributed by atoms with Crippen LogP contribution in [0.15, 0.2) is 24.5 Å². The van der Waals surface area contributed by atoms with E-state index >= 15 is 0 Å². The van der Waals surface area contributed by atoms with E-state index in [2.05, 4.69) is 14.9 Å². The normalized spacial score (nSPS) is 10.6. The molecular weight excluding hydrogens is 254 g/mol. The van der Waals surface area contributed by atoms with Gasteiger partial charge in [0.05, 0.1) is 24.1 Å². The van der Waals surface area contributed by atoms with Crippen LogP contribution >= 0.6 is 0 Å². The maximum Gasteiger partial charge on any atom is 0.257 e. The molecule has 1 amide bonds. The Balaban J connectivity index is 2.29. The van der Waals surface area contributed by atoms with Crippen LogP contribution in [0.1, 0.15) is 34.2 Å². The van der Waals surface area contributed by atoms with Crippen molar-refractivity contribution in [2.45, 2.75) is 33.9 Å². The average Bonchev–Trinajstić information content (AvgIpc) is 2.74. The van der Waals surface area contributed by atoms with Crippen molar-refractivity contribution >= 4 is 11.6 Å². The molecule has 106 valence electrons. The van der Waals surface area contributed by atoms with Crippen molar-refractivity contribution < 1.29 is 9.90 Å². The van der Waals surface area contributed by atoms with Gasteiger partial charge in [-0.15, -0.1) is 0 Å². The second kappa shape index (κ2) is 5.88. The summed E-state index contributed by atoms with van der Waals surface area (Å²) in [5.41, 5.74) is 3.84. The maximum absolute atomic E-state index is 12.4. The highest BCUT2D eigenvalue weighted by atomic mass is 16.3. The number of carbonyl (C=O) groups is 1. The smallest absolute Gasteiger partial charge is 0.257 e. The topological polar surface area (TPSA) is 67.2 Å². The molecule has 2 rings (SSSR count). The lowest BCUT2D eigenvalue weighted by atomic mass is 10.2. The van der Waals surface area contributed by atoms with E-state index < -0.39 is 0 Å². The van der Waals surface area contributed by atoms with Crippen LogP contribution < -0.4 is 5.32 Å². The first-order valence-corrected chi connectivity index (χ1v) is 6.60. The summed E-state index contributed by atoms with van der Waals surface area (Å²) >= 11 is 0. The molecule has 0 aromatic carbocycles. The molecule has 2 N–H and O–H groups in total. The molecular formula is C15H19N3O2. The van der Waals surface area contributed by atoms with Crippen molar-refractivity contribution in [3.63, 3.8) is 0 Å². The molecule has 5 nitrogen and oxygen atoms in total. The number of aliphatic hydroxyl groups excluding tert-OH is 1. The number of rotatable bonds is 4. The van der Waals surface area contributed by atoms with Crippen LogP contribution in [0.2, 0.25) is 0 Å². The number of aryl methyl sites for hydroxylation is 1. The monoisotopic (exact) mass is 273 g/mol. The van der Waals surface area contributed by atoms with Gasteiger partial charge >= 0.3 is 0 Å². The van der Waals surface area contributed by atoms with Crippen molar-refractivity contribution in [2.75, 3.05) is 5.32 Å². The fourth-order valence-electron chi connectivity index (χ4n) is 2.38. The van der Waals surface area contributed by atoms with Gasteiger partial charge in [-0.05, 0) is 32.9 Å². The van der Waals surface area contributed by atoms with Gasteiger partial charge < -0.3 is 15.0 Å². The van der Waals surface area contributed by atoms with Gasteiger partial charge in [-0.3, -0.25) is 9.78 Å². The highest BCUT2D eigenvalue weighted by Gasteiger charge is 2.16. The maximum atomic E-state index is 12.4. The fourth-order valence-corrected chi connectivity index (χ4v) is 2.38. The molecule has 0 unspecified atom stereocenters. The largest absolute Gasteiger partial charge is 0.392 e. The average molecular weight is 273 g/mol. The Morgan fingerprint density at radius 3 is 2.80 bits per heavy atom. The van der Waals surface area contributed by atoms with E-state index in [9.17, 15) is 9.90 Å². The predicted octanol–water partition coefficient (Wildman–Crippen LogP) is 2.26. The quantitative estimate of drug-likeness (QED) is 0.898. The Morgan fingerprint density at radius 1 is 1.45 bits per heavy atom. The number of hydrogen-bond donors (Lipinski definition) is 2. The minimum absolute atomic E-state index is 0.133. The Kier molecular flexibility index (Phi) is 4.20. The van der Waals surface area contributed by atoms with E-state index in [-0.39, 0.29) is 12.5 Å². The van der Waals surface area contributed by atoms with Crippen molar-refractivity contribution in [1.82, 2.24) is 9.55 Å². The standard InChI is InChI=1S/C15H19N3O2/c1-4-18-10(2)7-13(11(18)3)15(20)17-14-8-16-6-5-12(14)9-19/h5-8,19H,4,9H2,1-3H3,(H,17,20). The zero-order valence-corrected chi connectivity index (χ0v) is 12.0. The summed E-state index contributed by atoms with van der Waals surface area (Å²) in [6.45, 7) is 6.66. The molecule has 0 aliphatic carbocycles. The Bertz CT molecular complexity index is 632. The molecule has 0 saturated carbocycles. The molecule has 2 aromatic rings. The molecule has 0 aliphatic rings. The van der Waals surface area contributed by atoms with E-state index in [4.69, 9.17) is 0 Å². The van der Waals surface area contributed by atoms with Crippen molar-refractivity contribution in [3.05, 3.63) is 47.0 Å². The lowest BCUT2D eigenvalue weighted by molar-refractivity contribution is 0.102. The van der Waals surface area contributed by atoms with Gasteiger partial charge in [-0.1, -0.05) is 0 Å². The molecule has 0 radical (unpaired) electrons. The van der Waals surface area contributed by atoms with Gasteiger partial charge in [-0.2, -0.15) is 0 Å². The lowest BCUT2D eigenvalue weighted by Gasteiger charge is -2.09. The van der Waals surface area contributed by atoms with Gasteiger partial charge in [0.1, 0.15) is 0 Å². The third-order valence-corrected chi connectivity index (χ3v) is 3.46. The van der Waals surface area contributed by atoms with Crippen molar-refractivity contribution in [2.24, 2.45) is 0 Å². The zero-order chi connectivity index (χ0) is 14.7. The SMILES string of the molecule is CCn1c(C)cc(C(=O)Nc2cnccc2CO)c1C. The number of anilines is 1. The highest BCUT2D eigenvalue weighted by molar-refractivity contribution is 6.05. The summed E-state index contributed by atoms with van der Waals surface area (Å²) in [7, 11) is 0. The molecule has 0 bridgehead atoms. The summed E-state index contributed by atoms with van der Waals surface area (Å²) in [4.78, 5) is 16.3. The summed E-state index contributed by atoms with van der Waals surface area (Å²) in [6.07, 6.45) is 3.13. The fraction of sp³-hybridized carbons (Fsp3) is 0.333. The molecule has 0 fully saturated rings. The second-order valence-corrected chi connectivity index (χ2v) is 4.67. The molecule has 0 atom stereocenters. The van der Waals surface area contributed by atoms with Gasteiger partial charge in [0.25, 0.3) is 5.91 Å². The number of nitrogens with zero attached hydrogens (tertiary/aromatic N) is 2. The molecule has 2 heterocycles. The van der Waals surface area contributed by atoms with E-state index in [1.165, 1.54) is 0 Å². The van der Waals surface area contributed by atoms with Gasteiger partial charge in [-0.25, -0.2) is 0 Å². The van der Waals surface area contributed by atoms with E-state index in [0.29, 0.717) is 16.8 Å². The zero-order valence-electron chi connectivity index (χ0n) is 12.0. The van der Waals surface area contributed by atoms with Crippen molar-refractivity contribution in [3.8, 4) is 0 Å². The van der Waals surface area contributed by atoms with Gasteiger partial charge in [0.2, 0.25) is 0 Å². The first kappa shape index (κ1) is 14.3. The van der Waals surface area contributed by atoms with E-state index in [0.717, 1.165) is 17.9 Å². The highest BCUT2D eigenvalue weighted by Crippen LogP contribution is 2.19. The van der Waals surface area contributed by atoms with Crippen LogP contribution in [0.3, 0.4) is 0 Å². The lowest BCUT2D eigenvalue weighted by Crippen LogP contribution is -2.14. The third-order valence-electron chi connectivity index (χ3n) is 3.46. The molecule has 0 spiro atoms. The Labute approximate surface area is 118 Å². The number of nitrogens with one attached hydrogen (secondary N) is 1. The summed E-state index contributed by atoms with van der Waals surface area (Å²) in [6, 6.07) is 3.56. The van der Waals surface area contributed by atoms with E-state index in [1.54, 1.807) is 18.5 Å². The van der Waals surface area contributed by atoms with Crippen LogP contribution in [0.4, 0.5) is 5.69 Å². The summed E-state index contributed by atoms with van der Waals surface area (Å²) in [5.74, 6) is -0.180. The third kappa shape index (κ3) is 2.58. The Hall–Kier alpha value is -2.14. The molecule has 20 heavy (non-hydrogen) atoms. The number of carbonyl (C=O) groups excluding carboxylic acids is 1.